The second kappa shape index (κ2) is 4.83. The van der Waals surface area contributed by atoms with Crippen molar-refractivity contribution in [3.8, 4) is 5.75 Å². The molecule has 0 saturated carbocycles. The average molecular weight is 285 g/mol. The van der Waals surface area contributed by atoms with Crippen LogP contribution in [-0.2, 0) is 0 Å². The van der Waals surface area contributed by atoms with Crippen molar-refractivity contribution in [2.24, 2.45) is 16.5 Å². The molecule has 1 aromatic heterocycles. The van der Waals surface area contributed by atoms with E-state index in [-0.39, 0.29) is 23.2 Å². The van der Waals surface area contributed by atoms with Crippen LogP contribution in [0.1, 0.15) is 5.69 Å². The van der Waals surface area contributed by atoms with Crippen LogP contribution in [-0.4, -0.2) is 22.3 Å². The second-order valence-electron chi connectivity index (χ2n) is 3.87. The first kappa shape index (κ1) is 13.8. The molecule has 1 heterocycles. The lowest BCUT2D eigenvalue weighted by molar-refractivity contribution is -0.274. The topological polar surface area (TPSA) is 99.4 Å². The molecule has 20 heavy (non-hydrogen) atoms. The number of ether oxygens (including phenoxy) is 1. The van der Waals surface area contributed by atoms with Crippen LogP contribution in [0.25, 0.3) is 10.9 Å². The first-order valence-corrected chi connectivity index (χ1v) is 5.38. The van der Waals surface area contributed by atoms with Crippen LogP contribution >= 0.6 is 0 Å². The molecule has 1 aromatic carbocycles. The molecule has 6 nitrogen and oxygen atoms in total. The quantitative estimate of drug-likeness (QED) is 0.646. The van der Waals surface area contributed by atoms with Gasteiger partial charge in [0.25, 0.3) is 5.95 Å². The Labute approximate surface area is 111 Å². The van der Waals surface area contributed by atoms with Gasteiger partial charge in [-0.3, -0.25) is 0 Å². The summed E-state index contributed by atoms with van der Waals surface area (Å²) in [6.07, 6.45) is -4.77. The normalized spacial score (nSPS) is 11.4. The van der Waals surface area contributed by atoms with Crippen LogP contribution in [0, 0.1) is 6.92 Å². The van der Waals surface area contributed by atoms with Gasteiger partial charge in [-0.05, 0) is 19.1 Å². The number of hydrogen-bond acceptors (Lipinski definition) is 4. The van der Waals surface area contributed by atoms with E-state index in [4.69, 9.17) is 11.5 Å². The van der Waals surface area contributed by atoms with Crippen LogP contribution < -0.4 is 16.2 Å². The molecule has 0 fully saturated rings. The van der Waals surface area contributed by atoms with E-state index in [9.17, 15) is 13.2 Å². The first-order chi connectivity index (χ1) is 9.24. The minimum absolute atomic E-state index is 0.0286. The highest BCUT2D eigenvalue weighted by Crippen LogP contribution is 2.27. The van der Waals surface area contributed by atoms with Crippen molar-refractivity contribution in [1.82, 2.24) is 9.97 Å². The summed E-state index contributed by atoms with van der Waals surface area (Å²) < 4.78 is 40.3. The fraction of sp³-hybridized carbons (Fsp3) is 0.182. The number of halogens is 3. The average Bonchev–Trinajstić information content (AvgIpc) is 2.24. The number of alkyl halides is 3. The molecule has 0 unspecified atom stereocenters. The van der Waals surface area contributed by atoms with E-state index < -0.39 is 6.36 Å². The highest BCUT2D eigenvalue weighted by atomic mass is 19.4. The van der Waals surface area contributed by atoms with Crippen molar-refractivity contribution in [2.75, 3.05) is 0 Å². The fourth-order valence-corrected chi connectivity index (χ4v) is 1.62. The van der Waals surface area contributed by atoms with E-state index in [1.165, 1.54) is 12.1 Å². The summed E-state index contributed by atoms with van der Waals surface area (Å²) in [5, 5.41) is 0.578. The standard InChI is InChI=1S/C11H10F3N5O/c1-5-7-3-2-6(20-11(12,13)14)4-8(7)18-10(17-5)19-9(15)16/h2-4H,1H3,(H4,15,16,17,18,19). The number of aryl methyl sites for hydroxylation is 1. The van der Waals surface area contributed by atoms with Gasteiger partial charge in [-0.15, -0.1) is 13.2 Å². The minimum Gasteiger partial charge on any atom is -0.406 e. The van der Waals surface area contributed by atoms with Gasteiger partial charge in [0.2, 0.25) is 0 Å². The first-order valence-electron chi connectivity index (χ1n) is 5.38. The van der Waals surface area contributed by atoms with Crippen molar-refractivity contribution < 1.29 is 17.9 Å². The number of hydrogen-bond donors (Lipinski definition) is 2. The Hall–Kier alpha value is -2.58. The summed E-state index contributed by atoms with van der Waals surface area (Å²) >= 11 is 0. The molecule has 0 aliphatic rings. The van der Waals surface area contributed by atoms with E-state index in [0.29, 0.717) is 11.1 Å². The van der Waals surface area contributed by atoms with Crippen LogP contribution in [0.5, 0.6) is 5.75 Å². The molecule has 0 bridgehead atoms. The Morgan fingerprint density at radius 2 is 1.95 bits per heavy atom. The second-order valence-corrected chi connectivity index (χ2v) is 3.87. The number of rotatable bonds is 2. The van der Waals surface area contributed by atoms with Crippen LogP contribution in [0.4, 0.5) is 19.1 Å². The molecule has 0 amide bonds. The van der Waals surface area contributed by atoms with E-state index in [2.05, 4.69) is 19.7 Å². The monoisotopic (exact) mass is 285 g/mol. The third kappa shape index (κ3) is 3.25. The molecule has 2 aromatic rings. The molecule has 0 aliphatic carbocycles. The maximum atomic E-state index is 12.2. The lowest BCUT2D eigenvalue weighted by atomic mass is 10.2. The van der Waals surface area contributed by atoms with Crippen LogP contribution in [0.3, 0.4) is 0 Å². The largest absolute Gasteiger partial charge is 0.573 e. The Bertz CT molecular complexity index is 680. The molecule has 106 valence electrons. The Balaban J connectivity index is 2.52. The number of fused-ring (bicyclic) bond motifs is 1. The summed E-state index contributed by atoms with van der Waals surface area (Å²) in [4.78, 5) is 11.6. The Morgan fingerprint density at radius 1 is 1.25 bits per heavy atom. The smallest absolute Gasteiger partial charge is 0.406 e. The van der Waals surface area contributed by atoms with E-state index >= 15 is 0 Å². The summed E-state index contributed by atoms with van der Waals surface area (Å²) in [6.45, 7) is 1.67. The Kier molecular flexibility index (Phi) is 3.35. The maximum Gasteiger partial charge on any atom is 0.573 e. The van der Waals surface area contributed by atoms with Gasteiger partial charge in [-0.2, -0.15) is 4.99 Å². The SMILES string of the molecule is Cc1nc(N=C(N)N)nc2cc(OC(F)(F)F)ccc12. The zero-order valence-corrected chi connectivity index (χ0v) is 10.3. The van der Waals surface area contributed by atoms with Crippen molar-refractivity contribution in [3.63, 3.8) is 0 Å². The molecule has 0 aliphatic heterocycles. The summed E-state index contributed by atoms with van der Waals surface area (Å²) in [7, 11) is 0. The highest BCUT2D eigenvalue weighted by Gasteiger charge is 2.31. The molecule has 4 N–H and O–H groups in total. The predicted octanol–water partition coefficient (Wildman–Crippen LogP) is 1.74. The zero-order valence-electron chi connectivity index (χ0n) is 10.3. The van der Waals surface area contributed by atoms with Crippen molar-refractivity contribution in [2.45, 2.75) is 13.3 Å². The van der Waals surface area contributed by atoms with Crippen LogP contribution in [0.15, 0.2) is 23.2 Å². The molecule has 0 atom stereocenters. The number of aliphatic imine (C=N–C) groups is 1. The lowest BCUT2D eigenvalue weighted by Gasteiger charge is -2.10. The van der Waals surface area contributed by atoms with Crippen molar-refractivity contribution >= 4 is 22.8 Å². The van der Waals surface area contributed by atoms with Crippen LogP contribution in [0.2, 0.25) is 0 Å². The van der Waals surface area contributed by atoms with Crippen molar-refractivity contribution in [3.05, 3.63) is 23.9 Å². The van der Waals surface area contributed by atoms with Gasteiger partial charge in [0, 0.05) is 11.5 Å². The summed E-state index contributed by atoms with van der Waals surface area (Å²) in [5.74, 6) is -0.649. The molecule has 0 saturated heterocycles. The third-order valence-electron chi connectivity index (χ3n) is 2.31. The number of aromatic nitrogens is 2. The molecule has 0 spiro atoms. The maximum absolute atomic E-state index is 12.2. The van der Waals surface area contributed by atoms with Gasteiger partial charge in [-0.25, -0.2) is 9.97 Å². The molecule has 0 radical (unpaired) electrons. The third-order valence-corrected chi connectivity index (χ3v) is 2.31. The lowest BCUT2D eigenvalue weighted by Crippen LogP contribution is -2.22. The van der Waals surface area contributed by atoms with E-state index in [0.717, 1.165) is 6.07 Å². The minimum atomic E-state index is -4.77. The summed E-state index contributed by atoms with van der Waals surface area (Å²) in [6, 6.07) is 3.76. The number of nitrogens with zero attached hydrogens (tertiary/aromatic N) is 3. The van der Waals surface area contributed by atoms with Gasteiger partial charge < -0.3 is 16.2 Å². The molecular formula is C11H10F3N5O. The predicted molar refractivity (Wildman–Crippen MR) is 66.4 cm³/mol. The number of guanidine groups is 1. The molecule has 9 heteroatoms. The van der Waals surface area contributed by atoms with E-state index in [1.807, 2.05) is 0 Å². The molecule has 2 rings (SSSR count). The van der Waals surface area contributed by atoms with Gasteiger partial charge >= 0.3 is 6.36 Å². The zero-order chi connectivity index (χ0) is 14.9. The van der Waals surface area contributed by atoms with Crippen molar-refractivity contribution in [1.29, 1.82) is 0 Å². The highest BCUT2D eigenvalue weighted by molar-refractivity contribution is 5.84. The number of benzene rings is 1. The molecular weight excluding hydrogens is 275 g/mol. The van der Waals surface area contributed by atoms with Gasteiger partial charge in [0.05, 0.1) is 11.2 Å². The summed E-state index contributed by atoms with van der Waals surface area (Å²) in [5.41, 5.74) is 11.2. The number of nitrogens with two attached hydrogens (primary N) is 2. The van der Waals surface area contributed by atoms with Gasteiger partial charge in [0.15, 0.2) is 5.96 Å². The van der Waals surface area contributed by atoms with Gasteiger partial charge in [0.1, 0.15) is 5.75 Å². The Morgan fingerprint density at radius 3 is 2.55 bits per heavy atom. The fourth-order valence-electron chi connectivity index (χ4n) is 1.62. The van der Waals surface area contributed by atoms with E-state index in [1.54, 1.807) is 6.92 Å². The van der Waals surface area contributed by atoms with Gasteiger partial charge in [-0.1, -0.05) is 0 Å².